The van der Waals surface area contributed by atoms with Crippen molar-refractivity contribution < 1.29 is 14.9 Å². The minimum Gasteiger partial charge on any atom is -0.504 e. The van der Waals surface area contributed by atoms with Gasteiger partial charge >= 0.3 is 0 Å². The maximum atomic E-state index is 10.3. The van der Waals surface area contributed by atoms with Crippen molar-refractivity contribution in [2.75, 3.05) is 18.8 Å². The van der Waals surface area contributed by atoms with E-state index in [0.717, 1.165) is 42.8 Å². The number of hydrogen-bond acceptors (Lipinski definition) is 5. The largest absolute Gasteiger partial charge is 0.504 e. The van der Waals surface area contributed by atoms with Crippen molar-refractivity contribution in [2.45, 2.75) is 23.3 Å². The summed E-state index contributed by atoms with van der Waals surface area (Å²) >= 11 is 1.59. The van der Waals surface area contributed by atoms with E-state index in [4.69, 9.17) is 4.74 Å². The number of nitrogens with one attached hydrogen (secondary N) is 1. The molecule has 0 saturated carbocycles. The zero-order valence-corrected chi connectivity index (χ0v) is 12.4. The highest BCUT2D eigenvalue weighted by molar-refractivity contribution is 7.99. The average Bonchev–Trinajstić information content (AvgIpc) is 2.53. The minimum atomic E-state index is -0.158. The summed E-state index contributed by atoms with van der Waals surface area (Å²) in [5.74, 6) is 1.42. The van der Waals surface area contributed by atoms with Gasteiger partial charge in [0.05, 0.1) is 4.90 Å². The first-order valence-corrected chi connectivity index (χ1v) is 8.18. The first-order valence-electron chi connectivity index (χ1n) is 7.19. The van der Waals surface area contributed by atoms with Crippen molar-refractivity contribution in [3.05, 3.63) is 24.3 Å². The Morgan fingerprint density at radius 2 is 1.76 bits per heavy atom. The molecular formula is C16H17NO3S. The molecule has 2 aromatic rings. The lowest BCUT2D eigenvalue weighted by Gasteiger charge is -2.41. The highest BCUT2D eigenvalue weighted by Gasteiger charge is 2.40. The SMILES string of the molecule is Oc1c2c(c3ccccc3c1O)OC1(CCNCC1)CS2. The fraction of sp³-hybridized carbons (Fsp3) is 0.375. The second-order valence-corrected chi connectivity index (χ2v) is 6.71. The Labute approximate surface area is 127 Å². The van der Waals surface area contributed by atoms with Crippen LogP contribution in [-0.2, 0) is 0 Å². The molecule has 4 rings (SSSR count). The molecule has 2 aromatic carbocycles. The van der Waals surface area contributed by atoms with Crippen molar-refractivity contribution >= 4 is 22.5 Å². The Morgan fingerprint density at radius 3 is 2.52 bits per heavy atom. The molecule has 0 unspecified atom stereocenters. The van der Waals surface area contributed by atoms with Gasteiger partial charge in [-0.25, -0.2) is 0 Å². The molecule has 0 bridgehead atoms. The Hall–Kier alpha value is -1.59. The first kappa shape index (κ1) is 13.1. The highest BCUT2D eigenvalue weighted by atomic mass is 32.2. The highest BCUT2D eigenvalue weighted by Crippen LogP contribution is 2.54. The number of fused-ring (bicyclic) bond motifs is 3. The van der Waals surface area contributed by atoms with Crippen LogP contribution in [0.5, 0.6) is 17.2 Å². The lowest BCUT2D eigenvalue weighted by molar-refractivity contribution is 0.0548. The van der Waals surface area contributed by atoms with E-state index in [9.17, 15) is 10.2 Å². The molecule has 1 spiro atoms. The number of piperidine rings is 1. The molecule has 0 aliphatic carbocycles. The van der Waals surface area contributed by atoms with Crippen LogP contribution in [0.4, 0.5) is 0 Å². The van der Waals surface area contributed by atoms with Gasteiger partial charge in [0.2, 0.25) is 0 Å². The second-order valence-electron chi connectivity index (χ2n) is 5.72. The van der Waals surface area contributed by atoms with Crippen LogP contribution < -0.4 is 10.1 Å². The second kappa shape index (κ2) is 4.71. The predicted octanol–water partition coefficient (Wildman–Crippen LogP) is 2.86. The molecule has 21 heavy (non-hydrogen) atoms. The summed E-state index contributed by atoms with van der Waals surface area (Å²) in [7, 11) is 0. The van der Waals surface area contributed by atoms with E-state index < -0.39 is 0 Å². The summed E-state index contributed by atoms with van der Waals surface area (Å²) in [6, 6.07) is 7.53. The summed E-state index contributed by atoms with van der Waals surface area (Å²) in [4.78, 5) is 0.662. The summed E-state index contributed by atoms with van der Waals surface area (Å²) in [5.41, 5.74) is -0.158. The molecule has 0 amide bonds. The number of thioether (sulfide) groups is 1. The Bertz CT molecular complexity index is 710. The molecule has 0 radical (unpaired) electrons. The van der Waals surface area contributed by atoms with Crippen LogP contribution >= 0.6 is 11.8 Å². The monoisotopic (exact) mass is 303 g/mol. The van der Waals surface area contributed by atoms with Crippen molar-refractivity contribution in [3.63, 3.8) is 0 Å². The van der Waals surface area contributed by atoms with Crippen LogP contribution in [0.2, 0.25) is 0 Å². The number of rotatable bonds is 0. The van der Waals surface area contributed by atoms with Crippen LogP contribution in [0.3, 0.4) is 0 Å². The molecule has 110 valence electrons. The Balaban J connectivity index is 1.90. The summed E-state index contributed by atoms with van der Waals surface area (Å²) in [6.07, 6.45) is 1.94. The fourth-order valence-electron chi connectivity index (χ4n) is 3.17. The molecule has 5 heteroatoms. The van der Waals surface area contributed by atoms with Gasteiger partial charge in [-0.1, -0.05) is 24.3 Å². The van der Waals surface area contributed by atoms with Gasteiger partial charge in [-0.15, -0.1) is 11.8 Å². The van der Waals surface area contributed by atoms with E-state index in [1.807, 2.05) is 24.3 Å². The quantitative estimate of drug-likeness (QED) is 0.653. The van der Waals surface area contributed by atoms with E-state index in [-0.39, 0.29) is 17.1 Å². The van der Waals surface area contributed by atoms with Crippen LogP contribution in [-0.4, -0.2) is 34.7 Å². The van der Waals surface area contributed by atoms with Gasteiger partial charge in [0.25, 0.3) is 0 Å². The van der Waals surface area contributed by atoms with Crippen LogP contribution in [0.15, 0.2) is 29.2 Å². The van der Waals surface area contributed by atoms with E-state index >= 15 is 0 Å². The molecule has 2 aliphatic heterocycles. The third kappa shape index (κ3) is 1.95. The Morgan fingerprint density at radius 1 is 1.05 bits per heavy atom. The fourth-order valence-corrected chi connectivity index (χ4v) is 4.44. The number of benzene rings is 2. The van der Waals surface area contributed by atoms with Gasteiger partial charge in [0.15, 0.2) is 11.5 Å². The molecule has 2 heterocycles. The zero-order chi connectivity index (χ0) is 14.4. The summed E-state index contributed by atoms with van der Waals surface area (Å²) in [6.45, 7) is 1.91. The van der Waals surface area contributed by atoms with Crippen molar-refractivity contribution in [1.82, 2.24) is 5.32 Å². The van der Waals surface area contributed by atoms with E-state index in [1.54, 1.807) is 11.8 Å². The third-order valence-electron chi connectivity index (χ3n) is 4.39. The first-order chi connectivity index (χ1) is 10.2. The lowest BCUT2D eigenvalue weighted by atomic mass is 9.93. The average molecular weight is 303 g/mol. The summed E-state index contributed by atoms with van der Waals surface area (Å²) in [5, 5.41) is 25.3. The number of phenolic OH excluding ortho intramolecular Hbond substituents is 2. The third-order valence-corrected chi connectivity index (χ3v) is 5.72. The van der Waals surface area contributed by atoms with Gasteiger partial charge in [0.1, 0.15) is 11.4 Å². The maximum absolute atomic E-state index is 10.3. The number of phenols is 2. The van der Waals surface area contributed by atoms with Gasteiger partial charge in [-0.05, 0) is 13.1 Å². The minimum absolute atomic E-state index is 0.0540. The molecule has 1 saturated heterocycles. The van der Waals surface area contributed by atoms with Crippen LogP contribution in [0.25, 0.3) is 10.8 Å². The van der Waals surface area contributed by atoms with Gasteiger partial charge in [-0.2, -0.15) is 0 Å². The molecule has 2 aliphatic rings. The topological polar surface area (TPSA) is 61.7 Å². The smallest absolute Gasteiger partial charge is 0.175 e. The lowest BCUT2D eigenvalue weighted by Crippen LogP contribution is -2.49. The van der Waals surface area contributed by atoms with Crippen LogP contribution in [0.1, 0.15) is 12.8 Å². The normalized spacial score (nSPS) is 20.2. The molecule has 4 nitrogen and oxygen atoms in total. The van der Waals surface area contributed by atoms with Crippen molar-refractivity contribution in [1.29, 1.82) is 0 Å². The zero-order valence-electron chi connectivity index (χ0n) is 11.6. The Kier molecular flexibility index (Phi) is 2.94. The molecule has 1 fully saturated rings. The predicted molar refractivity (Wildman–Crippen MR) is 83.5 cm³/mol. The van der Waals surface area contributed by atoms with E-state index in [1.165, 1.54) is 0 Å². The van der Waals surface area contributed by atoms with Crippen LogP contribution in [0, 0.1) is 0 Å². The van der Waals surface area contributed by atoms with Gasteiger partial charge < -0.3 is 20.3 Å². The molecular weight excluding hydrogens is 286 g/mol. The standard InChI is InChI=1S/C16H17NO3S/c18-12-10-3-1-2-4-11(10)14-15(13(12)19)21-9-16(20-14)5-7-17-8-6-16/h1-4,17-19H,5-9H2. The molecule has 0 aromatic heterocycles. The van der Waals surface area contributed by atoms with Gasteiger partial charge in [0, 0.05) is 29.4 Å². The van der Waals surface area contributed by atoms with E-state index in [0.29, 0.717) is 10.3 Å². The van der Waals surface area contributed by atoms with Crippen molar-refractivity contribution in [2.24, 2.45) is 0 Å². The molecule has 0 atom stereocenters. The number of hydrogen-bond donors (Lipinski definition) is 3. The van der Waals surface area contributed by atoms with Gasteiger partial charge in [-0.3, -0.25) is 0 Å². The number of aromatic hydroxyl groups is 2. The number of ether oxygens (including phenoxy) is 1. The van der Waals surface area contributed by atoms with E-state index in [2.05, 4.69) is 5.32 Å². The summed E-state index contributed by atoms with van der Waals surface area (Å²) < 4.78 is 6.38. The van der Waals surface area contributed by atoms with Crippen molar-refractivity contribution in [3.8, 4) is 17.2 Å². The maximum Gasteiger partial charge on any atom is 0.175 e. The molecule has 3 N–H and O–H groups in total.